The van der Waals surface area contributed by atoms with Gasteiger partial charge in [-0.25, -0.2) is 0 Å². The second-order valence-electron chi connectivity index (χ2n) is 6.26. The maximum absolute atomic E-state index is 12.9. The van der Waals surface area contributed by atoms with Gasteiger partial charge in [0.15, 0.2) is 11.5 Å². The van der Waals surface area contributed by atoms with Crippen molar-refractivity contribution in [3.8, 4) is 11.5 Å². The van der Waals surface area contributed by atoms with Crippen molar-refractivity contribution in [3.63, 3.8) is 0 Å². The first-order valence-electron chi connectivity index (χ1n) is 8.86. The van der Waals surface area contributed by atoms with Crippen LogP contribution in [0.3, 0.4) is 0 Å². The van der Waals surface area contributed by atoms with E-state index < -0.39 is 16.7 Å². The van der Waals surface area contributed by atoms with E-state index in [2.05, 4.69) is 11.9 Å². The van der Waals surface area contributed by atoms with E-state index in [0.717, 1.165) is 4.90 Å². The van der Waals surface area contributed by atoms with Crippen LogP contribution in [0.5, 0.6) is 11.5 Å². The number of nitrogens with one attached hydrogen (secondary N) is 1. The topological polar surface area (TPSA) is 111 Å². The molecule has 9 heteroatoms. The summed E-state index contributed by atoms with van der Waals surface area (Å²) in [6.45, 7) is 3.62. The molecular formula is C21H19N3O6. The monoisotopic (exact) mass is 409 g/mol. The Kier molecular flexibility index (Phi) is 5.82. The van der Waals surface area contributed by atoms with E-state index >= 15 is 0 Å². The van der Waals surface area contributed by atoms with Crippen molar-refractivity contribution >= 4 is 28.8 Å². The summed E-state index contributed by atoms with van der Waals surface area (Å²) < 4.78 is 10.5. The molecule has 0 saturated carbocycles. The normalized spacial score (nSPS) is 13.5. The maximum atomic E-state index is 12.9. The van der Waals surface area contributed by atoms with Crippen LogP contribution < -0.4 is 14.8 Å². The molecule has 1 N–H and O–H groups in total. The van der Waals surface area contributed by atoms with Crippen molar-refractivity contribution in [2.75, 3.05) is 26.1 Å². The molecule has 0 aliphatic carbocycles. The van der Waals surface area contributed by atoms with Gasteiger partial charge in [-0.05, 0) is 29.8 Å². The van der Waals surface area contributed by atoms with Gasteiger partial charge in [0.2, 0.25) is 0 Å². The van der Waals surface area contributed by atoms with E-state index in [1.165, 1.54) is 44.6 Å². The molecule has 3 rings (SSSR count). The molecule has 2 amide bonds. The van der Waals surface area contributed by atoms with Gasteiger partial charge in [-0.1, -0.05) is 6.08 Å². The van der Waals surface area contributed by atoms with Gasteiger partial charge < -0.3 is 14.8 Å². The zero-order valence-electron chi connectivity index (χ0n) is 16.4. The highest BCUT2D eigenvalue weighted by atomic mass is 16.6. The van der Waals surface area contributed by atoms with E-state index in [1.807, 2.05) is 0 Å². The van der Waals surface area contributed by atoms with E-state index in [4.69, 9.17) is 9.47 Å². The smallest absolute Gasteiger partial charge is 0.278 e. The Balaban J connectivity index is 2.07. The number of rotatable bonds is 8. The number of methoxy groups -OCH3 is 2. The third-order valence-corrected chi connectivity index (χ3v) is 4.50. The first-order valence-corrected chi connectivity index (χ1v) is 8.86. The quantitative estimate of drug-likeness (QED) is 0.309. The molecule has 0 fully saturated rings. The van der Waals surface area contributed by atoms with Gasteiger partial charge in [-0.3, -0.25) is 24.6 Å². The fourth-order valence-electron chi connectivity index (χ4n) is 3.06. The Morgan fingerprint density at radius 2 is 1.73 bits per heavy atom. The maximum Gasteiger partial charge on any atom is 0.278 e. The van der Waals surface area contributed by atoms with Crippen molar-refractivity contribution in [2.24, 2.45) is 0 Å². The molecule has 0 unspecified atom stereocenters. The number of amides is 2. The van der Waals surface area contributed by atoms with Crippen LogP contribution in [0, 0.1) is 10.1 Å². The zero-order chi connectivity index (χ0) is 21.8. The average Bonchev–Trinajstić information content (AvgIpc) is 2.98. The molecule has 0 atom stereocenters. The van der Waals surface area contributed by atoms with Gasteiger partial charge in [0.05, 0.1) is 24.7 Å². The third-order valence-electron chi connectivity index (χ3n) is 4.50. The minimum absolute atomic E-state index is 0.0330. The van der Waals surface area contributed by atoms with Gasteiger partial charge in [0, 0.05) is 30.4 Å². The molecule has 154 valence electrons. The van der Waals surface area contributed by atoms with Gasteiger partial charge in [-0.2, -0.15) is 0 Å². The molecule has 0 spiro atoms. The van der Waals surface area contributed by atoms with E-state index in [1.54, 1.807) is 18.2 Å². The van der Waals surface area contributed by atoms with Crippen LogP contribution in [0.15, 0.2) is 60.8 Å². The Labute approximate surface area is 172 Å². The Bertz CT molecular complexity index is 1060. The highest BCUT2D eigenvalue weighted by Gasteiger charge is 2.38. The van der Waals surface area contributed by atoms with Crippen LogP contribution >= 0.6 is 0 Å². The lowest BCUT2D eigenvalue weighted by atomic mass is 10.0. The number of imide groups is 1. The van der Waals surface area contributed by atoms with Gasteiger partial charge in [0.1, 0.15) is 5.70 Å². The first kappa shape index (κ1) is 20.6. The molecule has 0 bridgehead atoms. The predicted molar refractivity (Wildman–Crippen MR) is 110 cm³/mol. The number of nitrogens with zero attached hydrogens (tertiary/aromatic N) is 2. The molecule has 0 aromatic heterocycles. The Morgan fingerprint density at radius 1 is 1.07 bits per heavy atom. The zero-order valence-corrected chi connectivity index (χ0v) is 16.4. The largest absolute Gasteiger partial charge is 0.493 e. The molecule has 1 aliphatic rings. The molecule has 0 radical (unpaired) electrons. The number of carbonyl (C=O) groups is 2. The second kappa shape index (κ2) is 8.48. The summed E-state index contributed by atoms with van der Waals surface area (Å²) in [7, 11) is 2.99. The number of anilines is 1. The highest BCUT2D eigenvalue weighted by Crippen LogP contribution is 2.34. The molecule has 30 heavy (non-hydrogen) atoms. The number of hydrogen-bond acceptors (Lipinski definition) is 7. The van der Waals surface area contributed by atoms with Crippen molar-refractivity contribution in [2.45, 2.75) is 0 Å². The van der Waals surface area contributed by atoms with E-state index in [9.17, 15) is 19.7 Å². The molecule has 1 aliphatic heterocycles. The lowest BCUT2D eigenvalue weighted by Gasteiger charge is -2.13. The summed E-state index contributed by atoms with van der Waals surface area (Å²) in [5, 5.41) is 13.9. The average molecular weight is 409 g/mol. The summed E-state index contributed by atoms with van der Waals surface area (Å²) in [6, 6.07) is 10.4. The van der Waals surface area contributed by atoms with Crippen LogP contribution in [-0.2, 0) is 9.59 Å². The predicted octanol–water partition coefficient (Wildman–Crippen LogP) is 2.99. The molecule has 1 heterocycles. The Morgan fingerprint density at radius 3 is 2.30 bits per heavy atom. The number of hydrogen-bond donors (Lipinski definition) is 1. The molecule has 0 saturated heterocycles. The number of benzene rings is 2. The van der Waals surface area contributed by atoms with Crippen molar-refractivity contribution in [1.82, 2.24) is 4.90 Å². The second-order valence-corrected chi connectivity index (χ2v) is 6.26. The minimum atomic E-state index is -0.535. The SMILES string of the molecule is C=CCN1C(=O)C(Nc2ccc(OC)c(OC)c2)=C(c2ccc([N+](=O)[O-])cc2)C1=O. The third kappa shape index (κ3) is 3.72. The molecular weight excluding hydrogens is 390 g/mol. The van der Waals surface area contributed by atoms with Crippen LogP contribution in [0.25, 0.3) is 5.57 Å². The summed E-state index contributed by atoms with van der Waals surface area (Å²) in [6.07, 6.45) is 1.45. The van der Waals surface area contributed by atoms with Crippen LogP contribution in [0.1, 0.15) is 5.56 Å². The lowest BCUT2D eigenvalue weighted by molar-refractivity contribution is -0.384. The summed E-state index contributed by atoms with van der Waals surface area (Å²) in [4.78, 5) is 37.3. The Hall–Kier alpha value is -4.14. The van der Waals surface area contributed by atoms with Crippen LogP contribution in [0.2, 0.25) is 0 Å². The van der Waals surface area contributed by atoms with Gasteiger partial charge in [-0.15, -0.1) is 6.58 Å². The van der Waals surface area contributed by atoms with Crippen LogP contribution in [0.4, 0.5) is 11.4 Å². The summed E-state index contributed by atoms with van der Waals surface area (Å²) in [5.41, 5.74) is 0.945. The number of nitro groups is 1. The van der Waals surface area contributed by atoms with Gasteiger partial charge in [0.25, 0.3) is 17.5 Å². The number of non-ortho nitro benzene ring substituents is 1. The fraction of sp³-hybridized carbons (Fsp3) is 0.143. The minimum Gasteiger partial charge on any atom is -0.493 e. The first-order chi connectivity index (χ1) is 14.4. The van der Waals surface area contributed by atoms with Crippen molar-refractivity contribution in [1.29, 1.82) is 0 Å². The highest BCUT2D eigenvalue weighted by molar-refractivity contribution is 6.36. The van der Waals surface area contributed by atoms with Gasteiger partial charge >= 0.3 is 0 Å². The lowest BCUT2D eigenvalue weighted by Crippen LogP contribution is -2.32. The standard InChI is InChI=1S/C21H19N3O6/c1-4-11-23-20(25)18(13-5-8-15(9-6-13)24(27)28)19(21(23)26)22-14-7-10-16(29-2)17(12-14)30-3/h4-10,12,22H,1,11H2,2-3H3. The molecule has 2 aromatic carbocycles. The number of nitro benzene ring substituents is 1. The number of carbonyl (C=O) groups excluding carboxylic acids is 2. The van der Waals surface area contributed by atoms with Crippen LogP contribution in [-0.4, -0.2) is 42.4 Å². The molecule has 2 aromatic rings. The van der Waals surface area contributed by atoms with E-state index in [0.29, 0.717) is 22.7 Å². The summed E-state index contributed by atoms with van der Waals surface area (Å²) in [5.74, 6) is -0.0887. The number of ether oxygens (including phenoxy) is 2. The molecule has 9 nitrogen and oxygen atoms in total. The van der Waals surface area contributed by atoms with Crippen molar-refractivity contribution in [3.05, 3.63) is 76.5 Å². The van der Waals surface area contributed by atoms with E-state index in [-0.39, 0.29) is 23.5 Å². The fourth-order valence-corrected chi connectivity index (χ4v) is 3.06. The summed E-state index contributed by atoms with van der Waals surface area (Å²) >= 11 is 0. The van der Waals surface area contributed by atoms with Crippen molar-refractivity contribution < 1.29 is 24.0 Å².